The van der Waals surface area contributed by atoms with Crippen LogP contribution in [0.3, 0.4) is 0 Å². The Morgan fingerprint density at radius 2 is 1.48 bits per heavy atom. The first-order valence-electron chi connectivity index (χ1n) is 12.6. The summed E-state index contributed by atoms with van der Waals surface area (Å²) in [6.45, 7) is 19.3. The molecule has 0 aliphatic heterocycles. The van der Waals surface area contributed by atoms with Gasteiger partial charge in [0, 0.05) is 0 Å². The summed E-state index contributed by atoms with van der Waals surface area (Å²) >= 11 is 0. The molecule has 0 aromatic heterocycles. The molecule has 0 saturated heterocycles. The molecule has 0 heterocycles. The fraction of sp³-hybridized carbons (Fsp3) is 1.00. The molecule has 4 aliphatic rings. The summed E-state index contributed by atoms with van der Waals surface area (Å²) < 4.78 is 7.08. The summed E-state index contributed by atoms with van der Waals surface area (Å²) in [5.41, 5.74) is 0.431. The van der Waals surface area contributed by atoms with Crippen LogP contribution >= 0.6 is 0 Å². The second kappa shape index (κ2) is 6.82. The summed E-state index contributed by atoms with van der Waals surface area (Å²) in [6.07, 6.45) is 11.9. The molecule has 3 heteroatoms. The highest BCUT2D eigenvalue weighted by Gasteiger charge is 2.61. The molecular formula is C26H48O2Si. The van der Waals surface area contributed by atoms with E-state index in [0.29, 0.717) is 22.0 Å². The molecule has 4 rings (SSSR count). The number of fused-ring (bicyclic) bond motifs is 5. The molecule has 0 aromatic carbocycles. The molecule has 0 amide bonds. The van der Waals surface area contributed by atoms with E-state index in [9.17, 15) is 5.11 Å². The van der Waals surface area contributed by atoms with Gasteiger partial charge in [0.25, 0.3) is 0 Å². The van der Waals surface area contributed by atoms with Gasteiger partial charge in [-0.3, -0.25) is 0 Å². The largest absolute Gasteiger partial charge is 0.413 e. The summed E-state index contributed by atoms with van der Waals surface area (Å²) in [7, 11) is -1.72. The molecule has 2 nitrogen and oxygen atoms in total. The summed E-state index contributed by atoms with van der Waals surface area (Å²) in [4.78, 5) is 0. The zero-order valence-corrected chi connectivity index (χ0v) is 21.6. The Bertz CT molecular complexity index is 635. The fourth-order valence-electron chi connectivity index (χ4n) is 8.11. The lowest BCUT2D eigenvalue weighted by molar-refractivity contribution is -0.149. The zero-order valence-electron chi connectivity index (χ0n) is 20.6. The maximum absolute atomic E-state index is 10.7. The number of hydrogen-bond acceptors (Lipinski definition) is 2. The van der Waals surface area contributed by atoms with Crippen molar-refractivity contribution in [1.82, 2.24) is 0 Å². The molecule has 0 bridgehead atoms. The van der Waals surface area contributed by atoms with Crippen molar-refractivity contribution in [1.29, 1.82) is 0 Å². The van der Waals surface area contributed by atoms with Gasteiger partial charge in [-0.15, -0.1) is 0 Å². The van der Waals surface area contributed by atoms with Crippen LogP contribution in [0.1, 0.15) is 99.3 Å². The van der Waals surface area contributed by atoms with Crippen LogP contribution in [0.4, 0.5) is 0 Å². The Hall–Kier alpha value is 0.137. The van der Waals surface area contributed by atoms with Gasteiger partial charge in [-0.05, 0) is 117 Å². The Morgan fingerprint density at radius 1 is 0.828 bits per heavy atom. The Morgan fingerprint density at radius 3 is 2.14 bits per heavy atom. The van der Waals surface area contributed by atoms with Gasteiger partial charge in [-0.1, -0.05) is 34.6 Å². The molecule has 4 saturated carbocycles. The predicted octanol–water partition coefficient (Wildman–Crippen LogP) is 7.17. The Labute approximate surface area is 181 Å². The lowest BCUT2D eigenvalue weighted by Gasteiger charge is -2.62. The highest BCUT2D eigenvalue weighted by Crippen LogP contribution is 2.67. The van der Waals surface area contributed by atoms with Crippen molar-refractivity contribution in [2.45, 2.75) is 129 Å². The monoisotopic (exact) mass is 420 g/mol. The van der Waals surface area contributed by atoms with Crippen molar-refractivity contribution in [3.05, 3.63) is 0 Å². The lowest BCUT2D eigenvalue weighted by atomic mass is 9.44. The molecular weight excluding hydrogens is 372 g/mol. The van der Waals surface area contributed by atoms with Gasteiger partial charge in [0.2, 0.25) is 0 Å². The second-order valence-corrected chi connectivity index (χ2v) is 18.6. The van der Waals surface area contributed by atoms with Crippen molar-refractivity contribution in [2.75, 3.05) is 0 Å². The van der Waals surface area contributed by atoms with Crippen molar-refractivity contribution in [2.24, 2.45) is 34.5 Å². The first-order chi connectivity index (χ1) is 13.2. The third kappa shape index (κ3) is 3.50. The van der Waals surface area contributed by atoms with Crippen LogP contribution in [0, 0.1) is 34.5 Å². The standard InChI is InChI=1S/C26H48O2Si/c1-23(2,3)29(7,8)28-22-12-11-20-19-10-9-18-17-24(4,27)15-16-25(18,5)21(19)13-14-26(20,22)6/h18-22,27H,9-17H2,1-8H3/t18-,19-,20-,21-,22-,24+,25-,26-/m1/s1. The maximum atomic E-state index is 10.7. The van der Waals surface area contributed by atoms with Crippen molar-refractivity contribution < 1.29 is 9.53 Å². The maximum Gasteiger partial charge on any atom is 0.192 e. The molecule has 1 N–H and O–H groups in total. The van der Waals surface area contributed by atoms with Crippen molar-refractivity contribution in [3.8, 4) is 0 Å². The molecule has 0 aromatic rings. The summed E-state index contributed by atoms with van der Waals surface area (Å²) in [5, 5.41) is 11.0. The average molecular weight is 421 g/mol. The number of aliphatic hydroxyl groups is 1. The van der Waals surface area contributed by atoms with Crippen LogP contribution in [0.2, 0.25) is 18.1 Å². The first kappa shape index (κ1) is 22.3. The minimum atomic E-state index is -1.72. The van der Waals surface area contributed by atoms with E-state index in [-0.39, 0.29) is 0 Å². The van der Waals surface area contributed by atoms with Gasteiger partial charge >= 0.3 is 0 Å². The minimum Gasteiger partial charge on any atom is -0.413 e. The van der Waals surface area contributed by atoms with E-state index in [2.05, 4.69) is 54.6 Å². The molecule has 0 radical (unpaired) electrons. The Balaban J connectivity index is 1.54. The second-order valence-electron chi connectivity index (χ2n) is 13.8. The number of hydrogen-bond donors (Lipinski definition) is 1. The summed E-state index contributed by atoms with van der Waals surface area (Å²) in [5.74, 6) is 3.36. The Kier molecular flexibility index (Phi) is 5.25. The van der Waals surface area contributed by atoms with E-state index in [4.69, 9.17) is 4.43 Å². The minimum absolute atomic E-state index is 0.295. The van der Waals surface area contributed by atoms with E-state index in [1.54, 1.807) is 0 Å². The molecule has 0 spiro atoms. The van der Waals surface area contributed by atoms with E-state index in [1.165, 1.54) is 44.9 Å². The fourth-order valence-corrected chi connectivity index (χ4v) is 9.56. The lowest BCUT2D eigenvalue weighted by Crippen LogP contribution is -2.56. The highest BCUT2D eigenvalue weighted by atomic mass is 28.4. The topological polar surface area (TPSA) is 29.5 Å². The van der Waals surface area contributed by atoms with Gasteiger partial charge < -0.3 is 9.53 Å². The SMILES string of the molecule is CC(C)(C)[Si](C)(C)O[C@@H]1CC[C@@H]2[C@H]3CC[C@@H]4C[C@@](C)(O)CC[C@@]4(C)[C@@H]3CC[C@]21C. The number of rotatable bonds is 2. The molecule has 4 fully saturated rings. The smallest absolute Gasteiger partial charge is 0.192 e. The van der Waals surface area contributed by atoms with Gasteiger partial charge in [0.05, 0.1) is 11.7 Å². The van der Waals surface area contributed by atoms with Gasteiger partial charge in [0.15, 0.2) is 8.32 Å². The van der Waals surface area contributed by atoms with Crippen LogP contribution in [0.25, 0.3) is 0 Å². The average Bonchev–Trinajstić information content (AvgIpc) is 2.90. The van der Waals surface area contributed by atoms with Crippen LogP contribution in [0.5, 0.6) is 0 Å². The third-order valence-electron chi connectivity index (χ3n) is 11.1. The quantitative estimate of drug-likeness (QED) is 0.480. The zero-order chi connectivity index (χ0) is 21.5. The first-order valence-corrected chi connectivity index (χ1v) is 15.5. The van der Waals surface area contributed by atoms with E-state index in [1.807, 2.05) is 0 Å². The van der Waals surface area contributed by atoms with E-state index >= 15 is 0 Å². The molecule has 4 aliphatic carbocycles. The predicted molar refractivity (Wildman–Crippen MR) is 124 cm³/mol. The molecule has 29 heavy (non-hydrogen) atoms. The van der Waals surface area contributed by atoms with Gasteiger partial charge in [-0.2, -0.15) is 0 Å². The van der Waals surface area contributed by atoms with Crippen LogP contribution < -0.4 is 0 Å². The van der Waals surface area contributed by atoms with Crippen LogP contribution in [0.15, 0.2) is 0 Å². The van der Waals surface area contributed by atoms with Crippen molar-refractivity contribution >= 4 is 8.32 Å². The molecule has 168 valence electrons. The molecule has 0 unspecified atom stereocenters. The summed E-state index contributed by atoms with van der Waals surface area (Å²) in [6, 6.07) is 0. The normalized spacial score (nSPS) is 50.6. The highest BCUT2D eigenvalue weighted by molar-refractivity contribution is 6.74. The third-order valence-corrected chi connectivity index (χ3v) is 15.6. The van der Waals surface area contributed by atoms with Gasteiger partial charge in [-0.25, -0.2) is 0 Å². The van der Waals surface area contributed by atoms with Crippen molar-refractivity contribution in [3.63, 3.8) is 0 Å². The van der Waals surface area contributed by atoms with E-state index < -0.39 is 13.9 Å². The molecule has 8 atom stereocenters. The van der Waals surface area contributed by atoms with Gasteiger partial charge in [0.1, 0.15) is 0 Å². The van der Waals surface area contributed by atoms with E-state index in [0.717, 1.165) is 36.5 Å². The van der Waals surface area contributed by atoms with Crippen LogP contribution in [-0.4, -0.2) is 25.1 Å². The van der Waals surface area contributed by atoms with Crippen LogP contribution in [-0.2, 0) is 4.43 Å².